The largest absolute Gasteiger partial charge is 0.481 e. The van der Waals surface area contributed by atoms with E-state index in [1.54, 1.807) is 24.3 Å². The molecule has 25 heavy (non-hydrogen) atoms. The van der Waals surface area contributed by atoms with E-state index in [-0.39, 0.29) is 23.8 Å². The smallest absolute Gasteiger partial charge is 0.414 e. The lowest BCUT2D eigenvalue weighted by atomic mass is 9.82. The van der Waals surface area contributed by atoms with Gasteiger partial charge in [-0.25, -0.2) is 4.79 Å². The van der Waals surface area contributed by atoms with E-state index in [0.717, 1.165) is 6.42 Å². The average Bonchev–Trinajstić information content (AvgIpc) is 3.30. The highest BCUT2D eigenvalue weighted by atomic mass is 16.6. The predicted molar refractivity (Wildman–Crippen MR) is 89.1 cm³/mol. The van der Waals surface area contributed by atoms with Crippen LogP contribution in [-0.2, 0) is 14.3 Å². The van der Waals surface area contributed by atoms with Gasteiger partial charge in [-0.3, -0.25) is 14.5 Å². The fraction of sp³-hybridized carbons (Fsp3) is 0.389. The van der Waals surface area contributed by atoms with E-state index in [1.807, 2.05) is 12.2 Å². The van der Waals surface area contributed by atoms with Crippen molar-refractivity contribution in [3.8, 4) is 0 Å². The number of cyclic esters (lactones) is 1. The summed E-state index contributed by atoms with van der Waals surface area (Å²) in [5, 5.41) is 12.3. The summed E-state index contributed by atoms with van der Waals surface area (Å²) in [5.74, 6) is -2.45. The number of fused-ring (bicyclic) bond motifs is 2. The molecule has 7 nitrogen and oxygen atoms in total. The summed E-state index contributed by atoms with van der Waals surface area (Å²) in [6.45, 7) is 0.869. The highest BCUT2D eigenvalue weighted by Crippen LogP contribution is 2.48. The summed E-state index contributed by atoms with van der Waals surface area (Å²) in [7, 11) is 0. The third-order valence-corrected chi connectivity index (χ3v) is 5.25. The molecule has 0 spiro atoms. The number of nitrogens with one attached hydrogen (secondary N) is 1. The third kappa shape index (κ3) is 2.65. The van der Waals surface area contributed by atoms with Gasteiger partial charge in [-0.2, -0.15) is 0 Å². The van der Waals surface area contributed by atoms with Gasteiger partial charge in [0.2, 0.25) is 5.91 Å². The van der Waals surface area contributed by atoms with E-state index in [4.69, 9.17) is 4.74 Å². The number of amides is 2. The van der Waals surface area contributed by atoms with Crippen LogP contribution >= 0.6 is 0 Å². The van der Waals surface area contributed by atoms with E-state index >= 15 is 0 Å². The van der Waals surface area contributed by atoms with E-state index in [9.17, 15) is 19.5 Å². The van der Waals surface area contributed by atoms with Gasteiger partial charge in [0.25, 0.3) is 0 Å². The summed E-state index contributed by atoms with van der Waals surface area (Å²) in [6, 6.07) is 6.88. The Morgan fingerprint density at radius 2 is 1.80 bits per heavy atom. The van der Waals surface area contributed by atoms with Crippen LogP contribution in [-0.4, -0.2) is 36.2 Å². The molecule has 2 aliphatic carbocycles. The molecule has 1 aromatic rings. The molecule has 0 aromatic heterocycles. The van der Waals surface area contributed by atoms with Gasteiger partial charge < -0.3 is 15.2 Å². The number of carbonyl (C=O) groups is 3. The van der Waals surface area contributed by atoms with Crippen molar-refractivity contribution in [1.29, 1.82) is 0 Å². The molecule has 130 valence electrons. The highest BCUT2D eigenvalue weighted by molar-refractivity contribution is 5.97. The third-order valence-electron chi connectivity index (χ3n) is 5.25. The van der Waals surface area contributed by atoms with Crippen molar-refractivity contribution < 1.29 is 24.2 Å². The summed E-state index contributed by atoms with van der Waals surface area (Å²) in [6.07, 6.45) is 4.22. The van der Waals surface area contributed by atoms with Crippen LogP contribution in [0.15, 0.2) is 36.4 Å². The molecule has 4 rings (SSSR count). The lowest BCUT2D eigenvalue weighted by Crippen LogP contribution is -2.36. The maximum absolute atomic E-state index is 12.6. The van der Waals surface area contributed by atoms with Crippen molar-refractivity contribution in [2.45, 2.75) is 6.42 Å². The lowest BCUT2D eigenvalue weighted by molar-refractivity contribution is -0.146. The molecule has 0 radical (unpaired) electrons. The Bertz CT molecular complexity index is 757. The van der Waals surface area contributed by atoms with Gasteiger partial charge in [0, 0.05) is 11.4 Å². The lowest BCUT2D eigenvalue weighted by Gasteiger charge is -2.24. The molecule has 1 aliphatic heterocycles. The van der Waals surface area contributed by atoms with Gasteiger partial charge in [0.15, 0.2) is 0 Å². The molecule has 1 aromatic carbocycles. The number of ether oxygens (including phenoxy) is 1. The van der Waals surface area contributed by atoms with E-state index in [2.05, 4.69) is 5.32 Å². The summed E-state index contributed by atoms with van der Waals surface area (Å²) in [4.78, 5) is 37.2. The highest BCUT2D eigenvalue weighted by Gasteiger charge is 2.51. The zero-order chi connectivity index (χ0) is 17.6. The number of anilines is 2. The number of aliphatic carboxylic acids is 1. The van der Waals surface area contributed by atoms with E-state index < -0.39 is 17.8 Å². The van der Waals surface area contributed by atoms with Gasteiger partial charge in [0.05, 0.1) is 18.4 Å². The Morgan fingerprint density at radius 3 is 2.40 bits per heavy atom. The minimum absolute atomic E-state index is 0.00950. The standard InChI is InChI=1S/C18H18N2O5/c21-16(14-10-1-2-11(9-10)15(14)17(22)23)19-12-3-5-13(6-4-12)20-7-8-25-18(20)24/h1-6,10-11,14-15H,7-9H2,(H,19,21)(H,22,23). The van der Waals surface area contributed by atoms with E-state index in [1.165, 1.54) is 4.90 Å². The molecule has 2 bridgehead atoms. The van der Waals surface area contributed by atoms with Crippen molar-refractivity contribution in [3.63, 3.8) is 0 Å². The maximum Gasteiger partial charge on any atom is 0.414 e. The molecule has 3 aliphatic rings. The Labute approximate surface area is 144 Å². The molecule has 7 heteroatoms. The van der Waals surface area contributed by atoms with Gasteiger partial charge in [-0.1, -0.05) is 12.2 Å². The fourth-order valence-corrected chi connectivity index (χ4v) is 4.09. The molecule has 1 heterocycles. The van der Waals surface area contributed by atoms with Crippen LogP contribution in [0.25, 0.3) is 0 Å². The molecule has 4 atom stereocenters. The fourth-order valence-electron chi connectivity index (χ4n) is 4.09. The van der Waals surface area contributed by atoms with Crippen molar-refractivity contribution in [2.75, 3.05) is 23.4 Å². The minimum Gasteiger partial charge on any atom is -0.481 e. The number of hydrogen-bond acceptors (Lipinski definition) is 4. The molecule has 2 amide bonds. The maximum atomic E-state index is 12.6. The van der Waals surface area contributed by atoms with Crippen LogP contribution in [0.4, 0.5) is 16.2 Å². The van der Waals surface area contributed by atoms with Crippen molar-refractivity contribution >= 4 is 29.3 Å². The molecule has 4 unspecified atom stereocenters. The summed E-state index contributed by atoms with van der Waals surface area (Å²) < 4.78 is 4.90. The zero-order valence-corrected chi connectivity index (χ0v) is 13.4. The Balaban J connectivity index is 1.47. The van der Waals surface area contributed by atoms with E-state index in [0.29, 0.717) is 24.5 Å². The molecule has 1 saturated heterocycles. The number of allylic oxidation sites excluding steroid dienone is 2. The number of carboxylic acids is 1. The van der Waals surface area contributed by atoms with Crippen molar-refractivity contribution in [3.05, 3.63) is 36.4 Å². The predicted octanol–water partition coefficient (Wildman–Crippen LogP) is 2.10. The SMILES string of the molecule is O=C(O)C1C2C=CC(C2)C1C(=O)Nc1ccc(N2CCOC2=O)cc1. The average molecular weight is 342 g/mol. The van der Waals surface area contributed by atoms with Crippen LogP contribution < -0.4 is 10.2 Å². The second-order valence-corrected chi connectivity index (χ2v) is 6.64. The van der Waals surface area contributed by atoms with Crippen LogP contribution in [0, 0.1) is 23.7 Å². The Kier molecular flexibility index (Phi) is 3.71. The summed E-state index contributed by atoms with van der Waals surface area (Å²) in [5.41, 5.74) is 1.28. The first-order valence-corrected chi connectivity index (χ1v) is 8.31. The quantitative estimate of drug-likeness (QED) is 0.817. The number of benzene rings is 1. The first-order valence-electron chi connectivity index (χ1n) is 8.31. The van der Waals surface area contributed by atoms with Gasteiger partial charge >= 0.3 is 12.1 Å². The van der Waals surface area contributed by atoms with Gasteiger partial charge in [-0.15, -0.1) is 0 Å². The number of carbonyl (C=O) groups excluding carboxylic acids is 2. The molecule has 2 fully saturated rings. The second-order valence-electron chi connectivity index (χ2n) is 6.64. The minimum atomic E-state index is -0.917. The normalized spacial score (nSPS) is 29.8. The van der Waals surface area contributed by atoms with Crippen LogP contribution in [0.1, 0.15) is 6.42 Å². The monoisotopic (exact) mass is 342 g/mol. The number of hydrogen-bond donors (Lipinski definition) is 2. The van der Waals surface area contributed by atoms with Crippen molar-refractivity contribution in [1.82, 2.24) is 0 Å². The molecular formula is C18H18N2O5. The number of carboxylic acid groups (broad SMARTS) is 1. The summed E-state index contributed by atoms with van der Waals surface area (Å²) >= 11 is 0. The van der Waals surface area contributed by atoms with Crippen LogP contribution in [0.5, 0.6) is 0 Å². The number of rotatable bonds is 4. The topological polar surface area (TPSA) is 95.9 Å². The van der Waals surface area contributed by atoms with Gasteiger partial charge in [-0.05, 0) is 42.5 Å². The van der Waals surface area contributed by atoms with Crippen LogP contribution in [0.2, 0.25) is 0 Å². The van der Waals surface area contributed by atoms with Gasteiger partial charge in [0.1, 0.15) is 6.61 Å². The number of nitrogens with zero attached hydrogens (tertiary/aromatic N) is 1. The Hall–Kier alpha value is -2.83. The second kappa shape index (κ2) is 5.91. The molecule has 2 N–H and O–H groups in total. The first kappa shape index (κ1) is 15.7. The molecule has 1 saturated carbocycles. The molecular weight excluding hydrogens is 324 g/mol. The van der Waals surface area contributed by atoms with Crippen LogP contribution in [0.3, 0.4) is 0 Å². The zero-order valence-electron chi connectivity index (χ0n) is 13.4. The van der Waals surface area contributed by atoms with Crippen molar-refractivity contribution in [2.24, 2.45) is 23.7 Å². The first-order chi connectivity index (χ1) is 12.0. The Morgan fingerprint density at radius 1 is 1.12 bits per heavy atom.